The first-order valence-electron chi connectivity index (χ1n) is 6.56. The standard InChI is InChI=1S/C14H18Cl2N2O/c15-12-6-5-11(7-13(12)16)18-14(19)10-3-1-9(8-17)2-4-10/h5-7,9-10H,1-4,8,17H2,(H,18,19). The largest absolute Gasteiger partial charge is 0.330 e. The molecule has 0 atom stereocenters. The Morgan fingerprint density at radius 1 is 1.21 bits per heavy atom. The summed E-state index contributed by atoms with van der Waals surface area (Å²) in [7, 11) is 0. The summed E-state index contributed by atoms with van der Waals surface area (Å²) in [6.45, 7) is 0.723. The zero-order chi connectivity index (χ0) is 13.8. The molecule has 5 heteroatoms. The lowest BCUT2D eigenvalue weighted by atomic mass is 9.81. The van der Waals surface area contributed by atoms with Crippen molar-refractivity contribution in [1.29, 1.82) is 0 Å². The number of amides is 1. The van der Waals surface area contributed by atoms with Gasteiger partial charge in [0.05, 0.1) is 10.0 Å². The SMILES string of the molecule is NCC1CCC(C(=O)Nc2ccc(Cl)c(Cl)c2)CC1. The third kappa shape index (κ3) is 3.85. The van der Waals surface area contributed by atoms with Crippen LogP contribution >= 0.6 is 23.2 Å². The molecule has 3 nitrogen and oxygen atoms in total. The molecule has 1 amide bonds. The van der Waals surface area contributed by atoms with Gasteiger partial charge >= 0.3 is 0 Å². The molecule has 3 N–H and O–H groups in total. The van der Waals surface area contributed by atoms with Gasteiger partial charge in [0.15, 0.2) is 0 Å². The van der Waals surface area contributed by atoms with Gasteiger partial charge < -0.3 is 11.1 Å². The van der Waals surface area contributed by atoms with Crippen LogP contribution in [0.2, 0.25) is 10.0 Å². The molecule has 0 spiro atoms. The second-order valence-electron chi connectivity index (χ2n) is 5.07. The molecule has 0 bridgehead atoms. The first-order chi connectivity index (χ1) is 9.10. The fourth-order valence-corrected chi connectivity index (χ4v) is 2.78. The molecule has 1 aliphatic rings. The van der Waals surface area contributed by atoms with E-state index in [0.717, 1.165) is 32.2 Å². The molecule has 0 heterocycles. The molecule has 1 saturated carbocycles. The highest BCUT2D eigenvalue weighted by atomic mass is 35.5. The van der Waals surface area contributed by atoms with Crippen LogP contribution in [-0.2, 0) is 4.79 Å². The van der Waals surface area contributed by atoms with Crippen molar-refractivity contribution in [2.75, 3.05) is 11.9 Å². The number of nitrogens with one attached hydrogen (secondary N) is 1. The Hall–Kier alpha value is -0.770. The summed E-state index contributed by atoms with van der Waals surface area (Å²) in [6.07, 6.45) is 3.90. The lowest BCUT2D eigenvalue weighted by Gasteiger charge is -2.26. The van der Waals surface area contributed by atoms with E-state index >= 15 is 0 Å². The maximum Gasteiger partial charge on any atom is 0.227 e. The molecule has 0 unspecified atom stereocenters. The van der Waals surface area contributed by atoms with E-state index in [1.54, 1.807) is 18.2 Å². The Balaban J connectivity index is 1.92. The summed E-state index contributed by atoms with van der Waals surface area (Å²) >= 11 is 11.8. The van der Waals surface area contributed by atoms with Gasteiger partial charge in [-0.1, -0.05) is 23.2 Å². The second kappa shape index (κ2) is 6.60. The van der Waals surface area contributed by atoms with Crippen molar-refractivity contribution < 1.29 is 4.79 Å². The molecule has 1 fully saturated rings. The van der Waals surface area contributed by atoms with Crippen molar-refractivity contribution in [3.8, 4) is 0 Å². The van der Waals surface area contributed by atoms with E-state index in [2.05, 4.69) is 5.32 Å². The Bertz CT molecular complexity index is 457. The van der Waals surface area contributed by atoms with E-state index in [-0.39, 0.29) is 11.8 Å². The van der Waals surface area contributed by atoms with Crippen LogP contribution in [0.15, 0.2) is 18.2 Å². The van der Waals surface area contributed by atoms with Gasteiger partial charge in [0.2, 0.25) is 5.91 Å². The van der Waals surface area contributed by atoms with Crippen LogP contribution in [0, 0.1) is 11.8 Å². The monoisotopic (exact) mass is 300 g/mol. The normalized spacial score (nSPS) is 23.1. The molecule has 0 saturated heterocycles. The second-order valence-corrected chi connectivity index (χ2v) is 5.89. The number of hydrogen-bond donors (Lipinski definition) is 2. The van der Waals surface area contributed by atoms with E-state index in [9.17, 15) is 4.79 Å². The van der Waals surface area contributed by atoms with E-state index in [1.807, 2.05) is 0 Å². The molecule has 104 valence electrons. The number of halogens is 2. The average Bonchev–Trinajstić information content (AvgIpc) is 2.43. The van der Waals surface area contributed by atoms with Crippen molar-refractivity contribution in [2.24, 2.45) is 17.6 Å². The van der Waals surface area contributed by atoms with Gasteiger partial charge in [-0.2, -0.15) is 0 Å². The molecule has 1 aromatic carbocycles. The maximum absolute atomic E-state index is 12.1. The number of anilines is 1. The fraction of sp³-hybridized carbons (Fsp3) is 0.500. The van der Waals surface area contributed by atoms with Gasteiger partial charge in [-0.15, -0.1) is 0 Å². The first kappa shape index (κ1) is 14.6. The molecule has 1 aliphatic carbocycles. The van der Waals surface area contributed by atoms with Crippen molar-refractivity contribution in [2.45, 2.75) is 25.7 Å². The number of hydrogen-bond acceptors (Lipinski definition) is 2. The number of carbonyl (C=O) groups excluding carboxylic acids is 1. The summed E-state index contributed by atoms with van der Waals surface area (Å²) in [5.74, 6) is 0.722. The van der Waals surface area contributed by atoms with Crippen LogP contribution in [0.1, 0.15) is 25.7 Å². The Morgan fingerprint density at radius 2 is 1.89 bits per heavy atom. The van der Waals surface area contributed by atoms with Crippen molar-refractivity contribution in [3.63, 3.8) is 0 Å². The van der Waals surface area contributed by atoms with Crippen LogP contribution in [-0.4, -0.2) is 12.5 Å². The topological polar surface area (TPSA) is 55.1 Å². The summed E-state index contributed by atoms with van der Waals surface area (Å²) in [4.78, 5) is 12.1. The molecule has 19 heavy (non-hydrogen) atoms. The minimum absolute atomic E-state index is 0.0638. The van der Waals surface area contributed by atoms with Crippen LogP contribution in [0.5, 0.6) is 0 Å². The van der Waals surface area contributed by atoms with Crippen molar-refractivity contribution in [1.82, 2.24) is 0 Å². The molecule has 0 aliphatic heterocycles. The summed E-state index contributed by atoms with van der Waals surface area (Å²) < 4.78 is 0. The van der Waals surface area contributed by atoms with Gasteiger partial charge in [0.25, 0.3) is 0 Å². The maximum atomic E-state index is 12.1. The minimum atomic E-state index is 0.0638. The predicted octanol–water partition coefficient (Wildman–Crippen LogP) is 3.70. The molecule has 0 radical (unpaired) electrons. The summed E-state index contributed by atoms with van der Waals surface area (Å²) in [5, 5.41) is 3.84. The van der Waals surface area contributed by atoms with E-state index in [1.165, 1.54) is 0 Å². The minimum Gasteiger partial charge on any atom is -0.330 e. The van der Waals surface area contributed by atoms with Crippen LogP contribution in [0.4, 0.5) is 5.69 Å². The van der Waals surface area contributed by atoms with Gasteiger partial charge in [0.1, 0.15) is 0 Å². The highest BCUT2D eigenvalue weighted by molar-refractivity contribution is 6.42. The van der Waals surface area contributed by atoms with E-state index in [0.29, 0.717) is 21.7 Å². The fourth-order valence-electron chi connectivity index (χ4n) is 2.48. The number of carbonyl (C=O) groups is 1. The highest BCUT2D eigenvalue weighted by Crippen LogP contribution is 2.30. The Kier molecular flexibility index (Phi) is 5.08. The van der Waals surface area contributed by atoms with E-state index < -0.39 is 0 Å². The third-order valence-electron chi connectivity index (χ3n) is 3.74. The Morgan fingerprint density at radius 3 is 2.47 bits per heavy atom. The van der Waals surface area contributed by atoms with Gasteiger partial charge in [0, 0.05) is 11.6 Å². The van der Waals surface area contributed by atoms with Gasteiger partial charge in [-0.25, -0.2) is 0 Å². The third-order valence-corrected chi connectivity index (χ3v) is 4.48. The molecule has 1 aromatic rings. The number of benzene rings is 1. The zero-order valence-corrected chi connectivity index (χ0v) is 12.2. The zero-order valence-electron chi connectivity index (χ0n) is 10.7. The van der Waals surface area contributed by atoms with Crippen LogP contribution in [0.25, 0.3) is 0 Å². The smallest absolute Gasteiger partial charge is 0.227 e. The van der Waals surface area contributed by atoms with Crippen molar-refractivity contribution in [3.05, 3.63) is 28.2 Å². The van der Waals surface area contributed by atoms with Crippen molar-refractivity contribution >= 4 is 34.8 Å². The van der Waals surface area contributed by atoms with Crippen LogP contribution < -0.4 is 11.1 Å². The van der Waals surface area contributed by atoms with Gasteiger partial charge in [-0.05, 0) is 56.3 Å². The molecule has 0 aromatic heterocycles. The quantitative estimate of drug-likeness (QED) is 0.894. The van der Waals surface area contributed by atoms with Crippen LogP contribution in [0.3, 0.4) is 0 Å². The number of rotatable bonds is 3. The molecular formula is C14H18Cl2N2O. The number of nitrogens with two attached hydrogens (primary N) is 1. The molecule has 2 rings (SSSR count). The lowest BCUT2D eigenvalue weighted by molar-refractivity contribution is -0.121. The highest BCUT2D eigenvalue weighted by Gasteiger charge is 2.25. The lowest BCUT2D eigenvalue weighted by Crippen LogP contribution is -2.29. The Labute approximate surface area is 123 Å². The average molecular weight is 301 g/mol. The van der Waals surface area contributed by atoms with Gasteiger partial charge in [-0.3, -0.25) is 4.79 Å². The predicted molar refractivity (Wildman–Crippen MR) is 79.6 cm³/mol. The summed E-state index contributed by atoms with van der Waals surface area (Å²) in [6, 6.07) is 5.12. The first-order valence-corrected chi connectivity index (χ1v) is 7.31. The van der Waals surface area contributed by atoms with E-state index in [4.69, 9.17) is 28.9 Å². The summed E-state index contributed by atoms with van der Waals surface area (Å²) in [5.41, 5.74) is 6.35. The molecular weight excluding hydrogens is 283 g/mol.